The zero-order valence-electron chi connectivity index (χ0n) is 25.1. The van der Waals surface area contributed by atoms with E-state index in [0.29, 0.717) is 12.8 Å². The third-order valence-electron chi connectivity index (χ3n) is 6.83. The van der Waals surface area contributed by atoms with E-state index >= 15 is 0 Å². The number of hydrogen-bond donors (Lipinski definition) is 6. The highest BCUT2D eigenvalue weighted by atomic mass is 16.6. The molecule has 0 heterocycles. The Morgan fingerprint density at radius 1 is 0.767 bits per heavy atom. The van der Waals surface area contributed by atoms with E-state index in [1.165, 1.54) is 38.5 Å². The Morgan fingerprint density at radius 2 is 1.30 bits per heavy atom. The number of aliphatic hydroxyl groups excluding tert-OH is 3. The number of carbonyl (C=O) groups is 5. The molecule has 0 aliphatic carbocycles. The van der Waals surface area contributed by atoms with Gasteiger partial charge in [0.25, 0.3) is 0 Å². The summed E-state index contributed by atoms with van der Waals surface area (Å²) < 4.78 is 9.88. The van der Waals surface area contributed by atoms with E-state index in [2.05, 4.69) is 19.1 Å². The Bertz CT molecular complexity index is 859. The number of aliphatic hydroxyl groups is 4. The number of carbonyl (C=O) groups excluding carboxylic acids is 3. The summed E-state index contributed by atoms with van der Waals surface area (Å²) in [6.45, 7) is 1.16. The number of hydrogen-bond acceptors (Lipinski definition) is 11. The van der Waals surface area contributed by atoms with Crippen LogP contribution in [0, 0.1) is 0 Å². The van der Waals surface area contributed by atoms with Gasteiger partial charge >= 0.3 is 23.9 Å². The minimum atomic E-state index is -3.08. The molecule has 0 aromatic carbocycles. The fraction of sp³-hybridized carbons (Fsp3) is 0.767. The number of carboxylic acid groups (broad SMARTS) is 2. The second-order valence-corrected chi connectivity index (χ2v) is 10.7. The number of unbranched alkanes of at least 4 members (excludes halogenated alkanes) is 11. The van der Waals surface area contributed by atoms with Crippen molar-refractivity contribution >= 4 is 30.2 Å². The van der Waals surface area contributed by atoms with Crippen molar-refractivity contribution in [1.82, 2.24) is 0 Å². The van der Waals surface area contributed by atoms with Gasteiger partial charge in [-0.05, 0) is 32.1 Å². The molecule has 0 bridgehead atoms. The highest BCUT2D eigenvalue weighted by Gasteiger charge is 2.44. The molecule has 0 saturated heterocycles. The molecule has 0 saturated carbocycles. The Labute approximate surface area is 252 Å². The molecule has 0 aliphatic heterocycles. The number of carboxylic acids is 2. The molecule has 0 aliphatic rings. The van der Waals surface area contributed by atoms with Crippen molar-refractivity contribution in [1.29, 1.82) is 0 Å². The van der Waals surface area contributed by atoms with E-state index < -0.39 is 73.3 Å². The maximum absolute atomic E-state index is 12.4. The van der Waals surface area contributed by atoms with Crippen molar-refractivity contribution in [3.8, 4) is 0 Å². The van der Waals surface area contributed by atoms with Gasteiger partial charge in [0.05, 0.1) is 19.4 Å². The molecule has 5 atom stereocenters. The zero-order valence-corrected chi connectivity index (χ0v) is 25.1. The minimum Gasteiger partial charge on any atom is -0.481 e. The summed E-state index contributed by atoms with van der Waals surface area (Å²) in [4.78, 5) is 58.6. The monoisotopic (exact) mass is 618 g/mol. The maximum atomic E-state index is 12.4. The van der Waals surface area contributed by atoms with Crippen LogP contribution in [0.5, 0.6) is 0 Å². The third-order valence-corrected chi connectivity index (χ3v) is 6.83. The number of allylic oxidation sites excluding steroid dienone is 2. The number of rotatable bonds is 27. The lowest BCUT2D eigenvalue weighted by Gasteiger charge is -2.30. The Hall–Kier alpha value is -2.87. The lowest BCUT2D eigenvalue weighted by atomic mass is 9.95. The van der Waals surface area contributed by atoms with E-state index in [4.69, 9.17) is 24.8 Å². The zero-order chi connectivity index (χ0) is 32.7. The molecule has 0 aromatic heterocycles. The number of esters is 2. The van der Waals surface area contributed by atoms with Gasteiger partial charge in [0.2, 0.25) is 0 Å². The van der Waals surface area contributed by atoms with Gasteiger partial charge in [-0.25, -0.2) is 4.79 Å². The van der Waals surface area contributed by atoms with Gasteiger partial charge in [0, 0.05) is 6.42 Å². The second-order valence-electron chi connectivity index (χ2n) is 10.7. The first-order valence-corrected chi connectivity index (χ1v) is 15.1. The van der Waals surface area contributed by atoms with E-state index in [1.807, 2.05) is 0 Å². The van der Waals surface area contributed by atoms with Gasteiger partial charge in [0.15, 0.2) is 24.1 Å². The predicted octanol–water partition coefficient (Wildman–Crippen LogP) is 2.44. The molecule has 0 amide bonds. The SMILES string of the molecule is CCCCCCCC/C=C\CCCCCCCC(=O)O[C@@H](C=O)[C@@H](OC(=O)CC(O)(CC(=O)O)C(=O)O)[C@H](O)[C@H](O)CO. The summed E-state index contributed by atoms with van der Waals surface area (Å²) in [6, 6.07) is 0. The van der Waals surface area contributed by atoms with Crippen LogP contribution in [0.4, 0.5) is 0 Å². The average molecular weight is 619 g/mol. The van der Waals surface area contributed by atoms with Crippen molar-refractivity contribution in [2.24, 2.45) is 0 Å². The lowest BCUT2D eigenvalue weighted by molar-refractivity contribution is -0.190. The van der Waals surface area contributed by atoms with Gasteiger partial charge in [0.1, 0.15) is 12.2 Å². The largest absolute Gasteiger partial charge is 0.481 e. The molecule has 248 valence electrons. The van der Waals surface area contributed by atoms with Crippen molar-refractivity contribution in [2.75, 3.05) is 6.61 Å². The van der Waals surface area contributed by atoms with Gasteiger partial charge in [-0.2, -0.15) is 0 Å². The van der Waals surface area contributed by atoms with Crippen LogP contribution in [0.25, 0.3) is 0 Å². The van der Waals surface area contributed by atoms with E-state index in [0.717, 1.165) is 32.1 Å². The molecule has 0 fully saturated rings. The first-order valence-electron chi connectivity index (χ1n) is 15.1. The molecular formula is C30H50O13. The van der Waals surface area contributed by atoms with Crippen molar-refractivity contribution in [3.63, 3.8) is 0 Å². The average Bonchev–Trinajstić information content (AvgIpc) is 2.95. The van der Waals surface area contributed by atoms with Crippen LogP contribution in [-0.2, 0) is 33.4 Å². The molecule has 6 N–H and O–H groups in total. The first-order chi connectivity index (χ1) is 20.4. The fourth-order valence-electron chi connectivity index (χ4n) is 4.28. The molecule has 0 spiro atoms. The standard InChI is InChI=1S/C30H50O13/c1-2-3-4-5-6-7-8-9-10-11-12-13-14-15-16-17-25(36)42-23(21-32)28(27(38)22(33)20-31)43-26(37)19-30(41,29(39)40)18-24(34)35/h9-10,21-23,27-28,31,33,38,41H,2-8,11-20H2,1H3,(H,34,35)(H,39,40)/b10-9-/t22-,23+,27-,28-,30?/m1/s1. The molecule has 43 heavy (non-hydrogen) atoms. The van der Waals surface area contributed by atoms with Crippen LogP contribution < -0.4 is 0 Å². The summed E-state index contributed by atoms with van der Waals surface area (Å²) in [5.74, 6) is -6.21. The maximum Gasteiger partial charge on any atom is 0.336 e. The van der Waals surface area contributed by atoms with Crippen molar-refractivity contribution < 1.29 is 64.1 Å². The van der Waals surface area contributed by atoms with Gasteiger partial charge in [-0.1, -0.05) is 70.4 Å². The summed E-state index contributed by atoms with van der Waals surface area (Å²) in [5.41, 5.74) is -3.08. The summed E-state index contributed by atoms with van der Waals surface area (Å²) in [7, 11) is 0. The van der Waals surface area contributed by atoms with Crippen LogP contribution in [0.2, 0.25) is 0 Å². The third kappa shape index (κ3) is 18.4. The van der Waals surface area contributed by atoms with E-state index in [1.54, 1.807) is 0 Å². The van der Waals surface area contributed by atoms with E-state index in [-0.39, 0.29) is 12.7 Å². The number of aldehydes is 1. The normalized spacial score (nSPS) is 15.7. The van der Waals surface area contributed by atoms with Gasteiger partial charge < -0.3 is 40.1 Å². The molecule has 0 radical (unpaired) electrons. The first kappa shape index (κ1) is 40.1. The minimum absolute atomic E-state index is 0.0176. The molecular weight excluding hydrogens is 568 g/mol. The summed E-state index contributed by atoms with van der Waals surface area (Å²) in [5, 5.41) is 57.3. The molecule has 1 unspecified atom stereocenters. The predicted molar refractivity (Wildman–Crippen MR) is 154 cm³/mol. The highest BCUT2D eigenvalue weighted by molar-refractivity contribution is 5.88. The summed E-state index contributed by atoms with van der Waals surface area (Å²) >= 11 is 0. The van der Waals surface area contributed by atoms with Crippen LogP contribution in [0.15, 0.2) is 12.2 Å². The highest BCUT2D eigenvalue weighted by Crippen LogP contribution is 2.20. The molecule has 0 aromatic rings. The summed E-state index contributed by atoms with van der Waals surface area (Å²) in [6.07, 6.45) is 7.16. The van der Waals surface area contributed by atoms with Gasteiger partial charge in [-0.3, -0.25) is 19.2 Å². The molecule has 13 heteroatoms. The van der Waals surface area contributed by atoms with Gasteiger partial charge in [-0.15, -0.1) is 0 Å². The van der Waals surface area contributed by atoms with Crippen LogP contribution in [0.1, 0.15) is 110 Å². The Balaban J connectivity index is 4.71. The molecule has 0 rings (SSSR count). The van der Waals surface area contributed by atoms with Crippen molar-refractivity contribution in [3.05, 3.63) is 12.2 Å². The van der Waals surface area contributed by atoms with Crippen LogP contribution in [0.3, 0.4) is 0 Å². The van der Waals surface area contributed by atoms with Crippen LogP contribution >= 0.6 is 0 Å². The number of ether oxygens (including phenoxy) is 2. The quantitative estimate of drug-likeness (QED) is 0.0337. The lowest BCUT2D eigenvalue weighted by Crippen LogP contribution is -2.51. The topological polar surface area (TPSA) is 225 Å². The Morgan fingerprint density at radius 3 is 1.79 bits per heavy atom. The van der Waals surface area contributed by atoms with Crippen LogP contribution in [-0.4, -0.2) is 97.4 Å². The smallest absolute Gasteiger partial charge is 0.336 e. The number of aliphatic carboxylic acids is 2. The van der Waals surface area contributed by atoms with Crippen molar-refractivity contribution in [2.45, 2.75) is 140 Å². The Kier molecular flexibility index (Phi) is 22.0. The van der Waals surface area contributed by atoms with E-state index in [9.17, 15) is 39.3 Å². The fourth-order valence-corrected chi connectivity index (χ4v) is 4.28. The second kappa shape index (κ2) is 23.6. The molecule has 13 nitrogen and oxygen atoms in total.